The second-order valence-corrected chi connectivity index (χ2v) is 4.93. The molecule has 1 aromatic carbocycles. The molecule has 104 valence electrons. The Kier molecular flexibility index (Phi) is 4.41. The van der Waals surface area contributed by atoms with Crippen molar-refractivity contribution in [1.82, 2.24) is 10.2 Å². The molecule has 0 fully saturated rings. The minimum Gasteiger partial charge on any atom is -0.461 e. The van der Waals surface area contributed by atoms with E-state index < -0.39 is 11.9 Å². The molecular weight excluding hydrogens is 278 g/mol. The smallest absolute Gasteiger partial charge is 0.369 e. The Balaban J connectivity index is 2.06. The predicted molar refractivity (Wildman–Crippen MR) is 75.0 cm³/mol. The van der Waals surface area contributed by atoms with E-state index in [2.05, 4.69) is 15.5 Å². The molecule has 20 heavy (non-hydrogen) atoms. The first kappa shape index (κ1) is 14.1. The van der Waals surface area contributed by atoms with Gasteiger partial charge in [0.1, 0.15) is 0 Å². The van der Waals surface area contributed by atoms with Gasteiger partial charge in [0.05, 0.1) is 6.61 Å². The van der Waals surface area contributed by atoms with Crippen molar-refractivity contribution in [3.05, 3.63) is 39.8 Å². The van der Waals surface area contributed by atoms with Crippen LogP contribution in [-0.2, 0) is 4.74 Å². The van der Waals surface area contributed by atoms with E-state index in [1.54, 1.807) is 19.1 Å². The minimum atomic E-state index is -0.570. The van der Waals surface area contributed by atoms with Crippen molar-refractivity contribution in [3.8, 4) is 0 Å². The molecule has 1 N–H and O–H groups in total. The zero-order valence-electron chi connectivity index (χ0n) is 11.0. The number of hydrogen-bond donors (Lipinski definition) is 1. The van der Waals surface area contributed by atoms with E-state index in [1.807, 2.05) is 19.1 Å². The molecular formula is C13H13N3O3S. The summed E-state index contributed by atoms with van der Waals surface area (Å²) in [6.07, 6.45) is 0. The van der Waals surface area contributed by atoms with Gasteiger partial charge in [0.15, 0.2) is 0 Å². The Morgan fingerprint density at radius 2 is 1.85 bits per heavy atom. The molecule has 2 aromatic rings. The molecule has 1 aromatic heterocycles. The maximum absolute atomic E-state index is 11.9. The van der Waals surface area contributed by atoms with Crippen molar-refractivity contribution in [1.29, 1.82) is 0 Å². The maximum Gasteiger partial charge on any atom is 0.369 e. The number of carbonyl (C=O) groups excluding carboxylic acids is 2. The molecule has 0 atom stereocenters. The molecule has 0 aliphatic carbocycles. The fourth-order valence-corrected chi connectivity index (χ4v) is 2.04. The normalized spacial score (nSPS) is 10.1. The Hall–Kier alpha value is -2.28. The van der Waals surface area contributed by atoms with Crippen LogP contribution in [0, 0.1) is 6.92 Å². The number of anilines is 1. The molecule has 0 saturated carbocycles. The molecule has 1 amide bonds. The van der Waals surface area contributed by atoms with Gasteiger partial charge in [0, 0.05) is 5.69 Å². The zero-order valence-corrected chi connectivity index (χ0v) is 11.9. The largest absolute Gasteiger partial charge is 0.461 e. The van der Waals surface area contributed by atoms with Crippen LogP contribution in [0.25, 0.3) is 0 Å². The van der Waals surface area contributed by atoms with Crippen LogP contribution >= 0.6 is 11.3 Å². The van der Waals surface area contributed by atoms with E-state index in [9.17, 15) is 9.59 Å². The lowest BCUT2D eigenvalue weighted by atomic mass is 10.2. The van der Waals surface area contributed by atoms with Gasteiger partial charge in [-0.1, -0.05) is 29.0 Å². The average Bonchev–Trinajstić information content (AvgIpc) is 2.91. The molecule has 7 heteroatoms. The number of ether oxygens (including phenoxy) is 1. The number of amides is 1. The van der Waals surface area contributed by atoms with Crippen LogP contribution in [0.5, 0.6) is 0 Å². The number of hydrogen-bond acceptors (Lipinski definition) is 6. The summed E-state index contributed by atoms with van der Waals surface area (Å²) in [6.45, 7) is 3.91. The van der Waals surface area contributed by atoms with Crippen molar-refractivity contribution in [2.24, 2.45) is 0 Å². The highest BCUT2D eigenvalue weighted by Gasteiger charge is 2.18. The molecule has 0 bridgehead atoms. The number of aromatic nitrogens is 2. The van der Waals surface area contributed by atoms with Crippen LogP contribution < -0.4 is 5.32 Å². The van der Waals surface area contributed by atoms with Gasteiger partial charge in [0.2, 0.25) is 10.0 Å². The number of nitrogens with zero attached hydrogens (tertiary/aromatic N) is 2. The summed E-state index contributed by atoms with van der Waals surface area (Å²) in [4.78, 5) is 23.4. The van der Waals surface area contributed by atoms with Crippen LogP contribution in [0.3, 0.4) is 0 Å². The standard InChI is InChI=1S/C13H13N3O3S/c1-3-19-13(18)12-16-15-11(20-12)10(17)14-9-6-4-8(2)5-7-9/h4-7H,3H2,1-2H3,(H,14,17). The van der Waals surface area contributed by atoms with Crippen LogP contribution in [-0.4, -0.2) is 28.7 Å². The van der Waals surface area contributed by atoms with Crippen molar-refractivity contribution in [3.63, 3.8) is 0 Å². The fraction of sp³-hybridized carbons (Fsp3) is 0.231. The first-order chi connectivity index (χ1) is 9.60. The number of carbonyl (C=O) groups is 2. The average molecular weight is 291 g/mol. The summed E-state index contributed by atoms with van der Waals surface area (Å²) in [7, 11) is 0. The van der Waals surface area contributed by atoms with Crippen LogP contribution in [0.2, 0.25) is 0 Å². The van der Waals surface area contributed by atoms with Gasteiger partial charge in [0.25, 0.3) is 5.91 Å². The summed E-state index contributed by atoms with van der Waals surface area (Å²) >= 11 is 0.903. The highest BCUT2D eigenvalue weighted by Crippen LogP contribution is 2.14. The summed E-state index contributed by atoms with van der Waals surface area (Å²) in [5.74, 6) is -0.971. The number of benzene rings is 1. The Labute approximate surface area is 119 Å². The molecule has 6 nitrogen and oxygen atoms in total. The zero-order chi connectivity index (χ0) is 14.5. The molecule has 0 saturated heterocycles. The monoisotopic (exact) mass is 291 g/mol. The van der Waals surface area contributed by atoms with Crippen LogP contribution in [0.4, 0.5) is 5.69 Å². The number of aryl methyl sites for hydroxylation is 1. The van der Waals surface area contributed by atoms with E-state index in [1.165, 1.54) is 0 Å². The molecule has 0 aliphatic rings. The summed E-state index contributed by atoms with van der Waals surface area (Å²) in [5.41, 5.74) is 1.76. The topological polar surface area (TPSA) is 81.2 Å². The van der Waals surface area contributed by atoms with Gasteiger partial charge in [-0.15, -0.1) is 10.2 Å². The molecule has 0 aliphatic heterocycles. The molecule has 0 spiro atoms. The Bertz CT molecular complexity index is 622. The van der Waals surface area contributed by atoms with Crippen LogP contribution in [0.15, 0.2) is 24.3 Å². The lowest BCUT2D eigenvalue weighted by molar-refractivity contribution is 0.0525. The van der Waals surface area contributed by atoms with Gasteiger partial charge in [-0.05, 0) is 26.0 Å². The SMILES string of the molecule is CCOC(=O)c1nnc(C(=O)Nc2ccc(C)cc2)s1. The third kappa shape index (κ3) is 3.39. The summed E-state index contributed by atoms with van der Waals surface area (Å²) < 4.78 is 4.79. The van der Waals surface area contributed by atoms with E-state index in [0.717, 1.165) is 16.9 Å². The fourth-order valence-electron chi connectivity index (χ4n) is 1.41. The lowest BCUT2D eigenvalue weighted by Gasteiger charge is -2.02. The Morgan fingerprint density at radius 3 is 2.50 bits per heavy atom. The van der Waals surface area contributed by atoms with Gasteiger partial charge in [-0.25, -0.2) is 4.79 Å². The Morgan fingerprint density at radius 1 is 1.20 bits per heavy atom. The molecule has 1 heterocycles. The quantitative estimate of drug-likeness (QED) is 0.874. The first-order valence-corrected chi connectivity index (χ1v) is 6.80. The molecule has 2 rings (SSSR count). The second kappa shape index (κ2) is 6.25. The maximum atomic E-state index is 11.9. The molecule has 0 radical (unpaired) electrons. The van der Waals surface area contributed by atoms with Crippen LogP contribution in [0.1, 0.15) is 32.1 Å². The van der Waals surface area contributed by atoms with Gasteiger partial charge >= 0.3 is 5.97 Å². The molecule has 0 unspecified atom stereocenters. The van der Waals surface area contributed by atoms with Gasteiger partial charge in [-0.3, -0.25) is 4.79 Å². The van der Waals surface area contributed by atoms with E-state index in [0.29, 0.717) is 5.69 Å². The van der Waals surface area contributed by atoms with E-state index >= 15 is 0 Å². The first-order valence-electron chi connectivity index (χ1n) is 5.98. The number of esters is 1. The third-order valence-corrected chi connectivity index (χ3v) is 3.28. The van der Waals surface area contributed by atoms with E-state index in [4.69, 9.17) is 4.74 Å². The number of rotatable bonds is 4. The summed E-state index contributed by atoms with van der Waals surface area (Å²) in [5, 5.41) is 10.2. The van der Waals surface area contributed by atoms with E-state index in [-0.39, 0.29) is 16.6 Å². The lowest BCUT2D eigenvalue weighted by Crippen LogP contribution is -2.11. The number of nitrogens with one attached hydrogen (secondary N) is 1. The van der Waals surface area contributed by atoms with Crippen molar-refractivity contribution in [2.75, 3.05) is 11.9 Å². The highest BCUT2D eigenvalue weighted by molar-refractivity contribution is 7.15. The minimum absolute atomic E-state index is 0.0703. The van der Waals surface area contributed by atoms with Crippen molar-refractivity contribution < 1.29 is 14.3 Å². The van der Waals surface area contributed by atoms with Crippen molar-refractivity contribution in [2.45, 2.75) is 13.8 Å². The van der Waals surface area contributed by atoms with Gasteiger partial charge in [-0.2, -0.15) is 0 Å². The predicted octanol–water partition coefficient (Wildman–Crippen LogP) is 2.28. The summed E-state index contributed by atoms with van der Waals surface area (Å²) in [6, 6.07) is 7.36. The second-order valence-electron chi connectivity index (χ2n) is 3.95. The van der Waals surface area contributed by atoms with Crippen molar-refractivity contribution >= 4 is 28.9 Å². The highest BCUT2D eigenvalue weighted by atomic mass is 32.1. The van der Waals surface area contributed by atoms with Gasteiger partial charge < -0.3 is 10.1 Å². The third-order valence-electron chi connectivity index (χ3n) is 2.38.